The molecule has 0 bridgehead atoms. The van der Waals surface area contributed by atoms with Gasteiger partial charge >= 0.3 is 0 Å². The zero-order valence-electron chi connectivity index (χ0n) is 15.1. The molecule has 0 radical (unpaired) electrons. The maximum Gasteiger partial charge on any atom is 0.150 e. The third-order valence-electron chi connectivity index (χ3n) is 3.79. The van der Waals surface area contributed by atoms with Gasteiger partial charge in [0.25, 0.3) is 0 Å². The van der Waals surface area contributed by atoms with Crippen molar-refractivity contribution in [3.05, 3.63) is 41.5 Å². The van der Waals surface area contributed by atoms with E-state index in [9.17, 15) is 4.79 Å². The second-order valence-corrected chi connectivity index (χ2v) is 7.04. The number of ether oxygens (including phenoxy) is 1. The van der Waals surface area contributed by atoms with Crippen LogP contribution in [0.1, 0.15) is 43.6 Å². The van der Waals surface area contributed by atoms with E-state index in [0.29, 0.717) is 11.3 Å². The van der Waals surface area contributed by atoms with Crippen LogP contribution >= 0.6 is 0 Å². The Balaban J connectivity index is 2.42. The van der Waals surface area contributed by atoms with Gasteiger partial charge in [0.05, 0.1) is 12.8 Å². The molecule has 0 saturated carbocycles. The summed E-state index contributed by atoms with van der Waals surface area (Å²) in [5.41, 5.74) is 3.57. The Kier molecular flexibility index (Phi) is 5.60. The molecule has 0 aliphatic carbocycles. The number of methoxy groups -OCH3 is 1. The van der Waals surface area contributed by atoms with Crippen LogP contribution in [0.5, 0.6) is 5.75 Å². The highest BCUT2D eigenvalue weighted by molar-refractivity contribution is 5.82. The molecule has 0 atom stereocenters. The van der Waals surface area contributed by atoms with Crippen molar-refractivity contribution < 1.29 is 9.53 Å². The molecule has 1 aromatic heterocycles. The van der Waals surface area contributed by atoms with Crippen molar-refractivity contribution >= 4 is 12.1 Å². The molecule has 0 fully saturated rings. The fraction of sp³-hybridized carbons (Fsp3) is 0.400. The predicted octanol–water partition coefficient (Wildman–Crippen LogP) is 4.59. The zero-order chi connectivity index (χ0) is 17.7. The molecule has 4 nitrogen and oxygen atoms in total. The Morgan fingerprint density at radius 3 is 2.58 bits per heavy atom. The maximum absolute atomic E-state index is 11.3. The van der Waals surface area contributed by atoms with Crippen LogP contribution in [0, 0.1) is 5.41 Å². The van der Waals surface area contributed by atoms with E-state index in [2.05, 4.69) is 26.1 Å². The van der Waals surface area contributed by atoms with Crippen LogP contribution < -0.4 is 10.1 Å². The van der Waals surface area contributed by atoms with Gasteiger partial charge in [0.15, 0.2) is 0 Å². The molecular weight excluding hydrogens is 300 g/mol. The van der Waals surface area contributed by atoms with Crippen LogP contribution in [-0.2, 0) is 6.42 Å². The van der Waals surface area contributed by atoms with Crippen molar-refractivity contribution in [2.24, 2.45) is 5.41 Å². The average molecular weight is 326 g/mol. The number of hydrogen-bond acceptors (Lipinski definition) is 4. The lowest BCUT2D eigenvalue weighted by molar-refractivity contribution is 0.112. The largest absolute Gasteiger partial charge is 0.496 e. The second kappa shape index (κ2) is 7.47. The summed E-state index contributed by atoms with van der Waals surface area (Å²) in [6, 6.07) is 9.69. The molecule has 24 heavy (non-hydrogen) atoms. The van der Waals surface area contributed by atoms with E-state index >= 15 is 0 Å². The Bertz CT molecular complexity index is 718. The second-order valence-electron chi connectivity index (χ2n) is 7.04. The molecule has 1 aromatic carbocycles. The smallest absolute Gasteiger partial charge is 0.150 e. The van der Waals surface area contributed by atoms with Gasteiger partial charge in [0, 0.05) is 17.7 Å². The van der Waals surface area contributed by atoms with Gasteiger partial charge < -0.3 is 10.1 Å². The molecule has 2 aromatic rings. The highest BCUT2D eigenvalue weighted by Crippen LogP contribution is 2.32. The van der Waals surface area contributed by atoms with Crippen molar-refractivity contribution in [3.8, 4) is 17.0 Å². The summed E-state index contributed by atoms with van der Waals surface area (Å²) < 4.78 is 5.48. The number of rotatable bonds is 6. The van der Waals surface area contributed by atoms with E-state index in [1.807, 2.05) is 31.2 Å². The number of aryl methyl sites for hydroxylation is 1. The number of carbonyl (C=O) groups excluding carboxylic acids is 1. The van der Waals surface area contributed by atoms with Crippen molar-refractivity contribution in [3.63, 3.8) is 0 Å². The molecule has 1 N–H and O–H groups in total. The summed E-state index contributed by atoms with van der Waals surface area (Å²) in [4.78, 5) is 16.0. The number of nitrogens with one attached hydrogen (secondary N) is 1. The number of hydrogen-bond donors (Lipinski definition) is 1. The summed E-state index contributed by atoms with van der Waals surface area (Å²) in [6.07, 6.45) is 1.66. The summed E-state index contributed by atoms with van der Waals surface area (Å²) in [5.74, 6) is 1.50. The van der Waals surface area contributed by atoms with Gasteiger partial charge in [-0.25, -0.2) is 4.98 Å². The van der Waals surface area contributed by atoms with Crippen LogP contribution in [0.2, 0.25) is 0 Å². The number of nitrogens with zero attached hydrogens (tertiary/aromatic N) is 1. The summed E-state index contributed by atoms with van der Waals surface area (Å²) in [6.45, 7) is 9.41. The fourth-order valence-electron chi connectivity index (χ4n) is 2.46. The summed E-state index contributed by atoms with van der Waals surface area (Å²) in [5, 5.41) is 3.38. The van der Waals surface area contributed by atoms with E-state index in [0.717, 1.165) is 41.9 Å². The molecule has 0 unspecified atom stereocenters. The Hall–Kier alpha value is -2.36. The molecule has 0 saturated heterocycles. The van der Waals surface area contributed by atoms with Crippen molar-refractivity contribution in [2.45, 2.75) is 34.1 Å². The first-order valence-electron chi connectivity index (χ1n) is 8.25. The first-order chi connectivity index (χ1) is 11.4. The Morgan fingerprint density at radius 1 is 1.25 bits per heavy atom. The molecule has 2 rings (SSSR count). The molecule has 0 aliphatic rings. The molecule has 4 heteroatoms. The molecule has 0 aliphatic heterocycles. The first kappa shape index (κ1) is 18.0. The average Bonchev–Trinajstić information content (AvgIpc) is 2.58. The molecule has 0 spiro atoms. The standard InChI is InChI=1S/C20H26N2O2/c1-6-14-10-16(18(24-5)11-15(14)12-23)17-8-7-9-19(22-17)21-13-20(2,3)4/h7-12H,6,13H2,1-5H3,(H,21,22). The number of benzene rings is 1. The first-order valence-corrected chi connectivity index (χ1v) is 8.25. The highest BCUT2D eigenvalue weighted by atomic mass is 16.5. The molecule has 0 amide bonds. The summed E-state index contributed by atoms with van der Waals surface area (Å²) >= 11 is 0. The minimum Gasteiger partial charge on any atom is -0.496 e. The van der Waals surface area contributed by atoms with Crippen LogP contribution in [0.3, 0.4) is 0 Å². The minimum atomic E-state index is 0.177. The maximum atomic E-state index is 11.3. The van der Waals surface area contributed by atoms with Crippen molar-refractivity contribution in [1.29, 1.82) is 0 Å². The lowest BCUT2D eigenvalue weighted by Gasteiger charge is -2.19. The Labute approximate surface area is 144 Å². The summed E-state index contributed by atoms with van der Waals surface area (Å²) in [7, 11) is 1.61. The van der Waals surface area contributed by atoms with Crippen molar-refractivity contribution in [2.75, 3.05) is 19.0 Å². The number of aldehydes is 1. The minimum absolute atomic E-state index is 0.177. The van der Waals surface area contributed by atoms with Gasteiger partial charge in [-0.15, -0.1) is 0 Å². The van der Waals surface area contributed by atoms with Gasteiger partial charge in [0.1, 0.15) is 17.9 Å². The van der Waals surface area contributed by atoms with Crippen LogP contribution in [0.4, 0.5) is 5.82 Å². The van der Waals surface area contributed by atoms with E-state index in [4.69, 9.17) is 9.72 Å². The van der Waals surface area contributed by atoms with Gasteiger partial charge in [-0.3, -0.25) is 4.79 Å². The number of pyridine rings is 1. The number of anilines is 1. The van der Waals surface area contributed by atoms with Crippen molar-refractivity contribution in [1.82, 2.24) is 4.98 Å². The lowest BCUT2D eigenvalue weighted by atomic mass is 9.97. The van der Waals surface area contributed by atoms with E-state index in [-0.39, 0.29) is 5.41 Å². The molecule has 1 heterocycles. The highest BCUT2D eigenvalue weighted by Gasteiger charge is 2.14. The normalized spacial score (nSPS) is 11.2. The van der Waals surface area contributed by atoms with E-state index in [1.165, 1.54) is 0 Å². The van der Waals surface area contributed by atoms with Gasteiger partial charge in [-0.1, -0.05) is 33.8 Å². The predicted molar refractivity (Wildman–Crippen MR) is 98.9 cm³/mol. The van der Waals surface area contributed by atoms with Gasteiger partial charge in [-0.2, -0.15) is 0 Å². The zero-order valence-corrected chi connectivity index (χ0v) is 15.1. The van der Waals surface area contributed by atoms with Crippen LogP contribution in [0.15, 0.2) is 30.3 Å². The topological polar surface area (TPSA) is 51.2 Å². The van der Waals surface area contributed by atoms with E-state index in [1.54, 1.807) is 13.2 Å². The third-order valence-corrected chi connectivity index (χ3v) is 3.79. The molecule has 128 valence electrons. The van der Waals surface area contributed by atoms with Crippen LogP contribution in [0.25, 0.3) is 11.3 Å². The fourth-order valence-corrected chi connectivity index (χ4v) is 2.46. The lowest BCUT2D eigenvalue weighted by Crippen LogP contribution is -2.19. The van der Waals surface area contributed by atoms with Crippen LogP contribution in [-0.4, -0.2) is 24.9 Å². The monoisotopic (exact) mass is 326 g/mol. The van der Waals surface area contributed by atoms with E-state index < -0.39 is 0 Å². The van der Waals surface area contributed by atoms with Gasteiger partial charge in [0.2, 0.25) is 0 Å². The number of carbonyl (C=O) groups is 1. The third kappa shape index (κ3) is 4.34. The molecular formula is C20H26N2O2. The SMILES string of the molecule is CCc1cc(-c2cccc(NCC(C)(C)C)n2)c(OC)cc1C=O. The van der Waals surface area contributed by atoms with Gasteiger partial charge in [-0.05, 0) is 41.7 Å². The number of aromatic nitrogens is 1. The quantitative estimate of drug-likeness (QED) is 0.789. The Morgan fingerprint density at radius 2 is 2.00 bits per heavy atom.